The Kier molecular flexibility index (Phi) is 5.22. The number of nitrogens with one attached hydrogen (secondary N) is 2. The van der Waals surface area contributed by atoms with Gasteiger partial charge in [-0.25, -0.2) is 8.42 Å². The fourth-order valence-corrected chi connectivity index (χ4v) is 2.54. The minimum atomic E-state index is -3.87. The smallest absolute Gasteiger partial charge is 0.305 e. The normalized spacial score (nSPS) is 12.9. The van der Waals surface area contributed by atoms with Gasteiger partial charge in [0.25, 0.3) is 0 Å². The van der Waals surface area contributed by atoms with Crippen LogP contribution in [0.1, 0.15) is 13.3 Å². The van der Waals surface area contributed by atoms with E-state index in [0.29, 0.717) is 0 Å². The van der Waals surface area contributed by atoms with Crippen molar-refractivity contribution in [2.45, 2.75) is 30.8 Å². The van der Waals surface area contributed by atoms with E-state index in [-0.39, 0.29) is 17.9 Å². The predicted octanol–water partition coefficient (Wildman–Crippen LogP) is -1.23. The fourth-order valence-electron chi connectivity index (χ4n) is 1.39. The highest BCUT2D eigenvalue weighted by atomic mass is 32.2. The van der Waals surface area contributed by atoms with Crippen LogP contribution in [0.5, 0.6) is 0 Å². The molecule has 0 saturated carbocycles. The minimum Gasteiger partial charge on any atom is -0.481 e. The van der Waals surface area contributed by atoms with Crippen LogP contribution in [0.2, 0.25) is 0 Å². The predicted molar refractivity (Wildman–Crippen MR) is 68.3 cm³/mol. The number of rotatable bonds is 7. The topological polar surface area (TPSA) is 130 Å². The number of carboxylic acids is 1. The molecule has 1 heterocycles. The monoisotopic (exact) mass is 304 g/mol. The molecular weight excluding hydrogens is 288 g/mol. The molecule has 10 heteroatoms. The second-order valence-electron chi connectivity index (χ2n) is 4.04. The first-order chi connectivity index (χ1) is 9.26. The van der Waals surface area contributed by atoms with Crippen LogP contribution in [0.25, 0.3) is 0 Å². The van der Waals surface area contributed by atoms with Gasteiger partial charge in [-0.1, -0.05) is 0 Å². The van der Waals surface area contributed by atoms with E-state index in [1.807, 2.05) is 0 Å². The molecule has 0 saturated heterocycles. The second-order valence-corrected chi connectivity index (χ2v) is 5.75. The van der Waals surface area contributed by atoms with Gasteiger partial charge < -0.3 is 10.4 Å². The Labute approximate surface area is 116 Å². The van der Waals surface area contributed by atoms with E-state index in [0.717, 1.165) is 6.20 Å². The van der Waals surface area contributed by atoms with Gasteiger partial charge in [0.2, 0.25) is 15.9 Å². The largest absolute Gasteiger partial charge is 0.481 e. The molecule has 1 unspecified atom stereocenters. The molecule has 20 heavy (non-hydrogen) atoms. The van der Waals surface area contributed by atoms with E-state index >= 15 is 0 Å². The molecule has 1 atom stereocenters. The minimum absolute atomic E-state index is 0.0653. The number of likely N-dealkylation sites (N-methyl/N-ethyl adjacent to an activating group) is 1. The highest BCUT2D eigenvalue weighted by Gasteiger charge is 2.22. The van der Waals surface area contributed by atoms with E-state index in [2.05, 4.69) is 15.1 Å². The van der Waals surface area contributed by atoms with E-state index in [1.165, 1.54) is 24.9 Å². The highest BCUT2D eigenvalue weighted by molar-refractivity contribution is 7.89. The maximum absolute atomic E-state index is 12.0. The third kappa shape index (κ3) is 4.31. The summed E-state index contributed by atoms with van der Waals surface area (Å²) < 4.78 is 27.3. The number of hydrogen-bond donors (Lipinski definition) is 3. The molecule has 1 rings (SSSR count). The van der Waals surface area contributed by atoms with E-state index in [1.54, 1.807) is 0 Å². The van der Waals surface area contributed by atoms with Crippen molar-refractivity contribution in [1.82, 2.24) is 19.8 Å². The van der Waals surface area contributed by atoms with Crippen LogP contribution in [0.15, 0.2) is 17.3 Å². The summed E-state index contributed by atoms with van der Waals surface area (Å²) in [6, 6.07) is -0.924. The zero-order valence-corrected chi connectivity index (χ0v) is 11.8. The average Bonchev–Trinajstić information content (AvgIpc) is 2.84. The van der Waals surface area contributed by atoms with Crippen molar-refractivity contribution in [2.75, 3.05) is 7.05 Å². The summed E-state index contributed by atoms with van der Waals surface area (Å²) >= 11 is 0. The van der Waals surface area contributed by atoms with Crippen LogP contribution in [-0.4, -0.2) is 48.3 Å². The van der Waals surface area contributed by atoms with Crippen molar-refractivity contribution in [3.63, 3.8) is 0 Å². The Hall–Kier alpha value is -1.94. The summed E-state index contributed by atoms with van der Waals surface area (Å²) in [6.45, 7) is 1.47. The number of aromatic nitrogens is 2. The number of carboxylic acid groups (broad SMARTS) is 1. The molecule has 0 aromatic carbocycles. The van der Waals surface area contributed by atoms with Gasteiger partial charge in [-0.3, -0.25) is 14.3 Å². The first-order valence-electron chi connectivity index (χ1n) is 5.74. The summed E-state index contributed by atoms with van der Waals surface area (Å²) in [4.78, 5) is 21.6. The standard InChI is InChI=1S/C10H16N4O5S/c1-7(10(17)11-2)13-20(18,19)8-5-12-14(6-8)4-3-9(15)16/h5-7,13H,3-4H2,1-2H3,(H,11,17)(H,15,16). The number of hydrogen-bond acceptors (Lipinski definition) is 5. The Morgan fingerprint density at radius 3 is 2.70 bits per heavy atom. The molecule has 1 aromatic rings. The maximum Gasteiger partial charge on any atom is 0.305 e. The number of aliphatic carboxylic acids is 1. The molecule has 0 bridgehead atoms. The maximum atomic E-state index is 12.0. The van der Waals surface area contributed by atoms with Crippen molar-refractivity contribution in [1.29, 1.82) is 0 Å². The summed E-state index contributed by atoms with van der Waals surface area (Å²) in [7, 11) is -2.47. The number of sulfonamides is 1. The van der Waals surface area contributed by atoms with Gasteiger partial charge in [0, 0.05) is 13.2 Å². The number of aryl methyl sites for hydroxylation is 1. The van der Waals surface area contributed by atoms with Gasteiger partial charge >= 0.3 is 5.97 Å². The van der Waals surface area contributed by atoms with Gasteiger partial charge in [0.1, 0.15) is 4.90 Å². The molecule has 9 nitrogen and oxygen atoms in total. The Balaban J connectivity index is 2.78. The number of amides is 1. The second kappa shape index (κ2) is 6.48. The molecule has 3 N–H and O–H groups in total. The third-order valence-electron chi connectivity index (χ3n) is 2.45. The Morgan fingerprint density at radius 2 is 2.15 bits per heavy atom. The van der Waals surface area contributed by atoms with E-state index in [4.69, 9.17) is 5.11 Å². The highest BCUT2D eigenvalue weighted by Crippen LogP contribution is 2.08. The SMILES string of the molecule is CNC(=O)C(C)NS(=O)(=O)c1cnn(CCC(=O)O)c1. The Bertz CT molecular complexity index is 595. The Morgan fingerprint density at radius 1 is 1.50 bits per heavy atom. The molecule has 0 aliphatic rings. The van der Waals surface area contributed by atoms with Crippen LogP contribution in [0.3, 0.4) is 0 Å². The van der Waals surface area contributed by atoms with Crippen molar-refractivity contribution < 1.29 is 23.1 Å². The first kappa shape index (κ1) is 16.1. The quantitative estimate of drug-likeness (QED) is 0.578. The van der Waals surface area contributed by atoms with E-state index in [9.17, 15) is 18.0 Å². The van der Waals surface area contributed by atoms with Gasteiger partial charge in [0.15, 0.2) is 0 Å². The van der Waals surface area contributed by atoms with Crippen LogP contribution >= 0.6 is 0 Å². The molecule has 0 spiro atoms. The van der Waals surface area contributed by atoms with Crippen molar-refractivity contribution in [3.8, 4) is 0 Å². The molecule has 0 aliphatic carbocycles. The molecule has 112 valence electrons. The lowest BCUT2D eigenvalue weighted by Crippen LogP contribution is -2.43. The van der Waals surface area contributed by atoms with Crippen LogP contribution in [0, 0.1) is 0 Å². The molecule has 0 aliphatic heterocycles. The molecule has 0 radical (unpaired) electrons. The van der Waals surface area contributed by atoms with Crippen LogP contribution in [0.4, 0.5) is 0 Å². The number of carbonyl (C=O) groups excluding carboxylic acids is 1. The lowest BCUT2D eigenvalue weighted by molar-refractivity contribution is -0.137. The van der Waals surface area contributed by atoms with Gasteiger partial charge in [0.05, 0.1) is 25.2 Å². The van der Waals surface area contributed by atoms with Gasteiger partial charge in [-0.15, -0.1) is 0 Å². The zero-order valence-electron chi connectivity index (χ0n) is 11.0. The summed E-state index contributed by atoms with van der Waals surface area (Å²) in [6.07, 6.45) is 2.14. The molecule has 0 fully saturated rings. The van der Waals surface area contributed by atoms with Crippen molar-refractivity contribution >= 4 is 21.9 Å². The lowest BCUT2D eigenvalue weighted by Gasteiger charge is -2.11. The van der Waals surface area contributed by atoms with Crippen molar-refractivity contribution in [3.05, 3.63) is 12.4 Å². The number of carbonyl (C=O) groups is 2. The van der Waals surface area contributed by atoms with Crippen molar-refractivity contribution in [2.24, 2.45) is 0 Å². The van der Waals surface area contributed by atoms with Gasteiger partial charge in [-0.2, -0.15) is 9.82 Å². The average molecular weight is 304 g/mol. The summed E-state index contributed by atoms with van der Waals surface area (Å²) in [5.41, 5.74) is 0. The fraction of sp³-hybridized carbons (Fsp3) is 0.500. The first-order valence-corrected chi connectivity index (χ1v) is 7.22. The summed E-state index contributed by atoms with van der Waals surface area (Å²) in [5.74, 6) is -1.47. The van der Waals surface area contributed by atoms with Crippen LogP contribution in [-0.2, 0) is 26.2 Å². The third-order valence-corrected chi connectivity index (χ3v) is 3.94. The summed E-state index contributed by atoms with van der Waals surface area (Å²) in [5, 5.41) is 14.6. The molecular formula is C10H16N4O5S. The zero-order chi connectivity index (χ0) is 15.3. The van der Waals surface area contributed by atoms with Crippen LogP contribution < -0.4 is 10.0 Å². The van der Waals surface area contributed by atoms with E-state index < -0.39 is 27.9 Å². The lowest BCUT2D eigenvalue weighted by atomic mass is 10.3. The van der Waals surface area contributed by atoms with Gasteiger partial charge in [-0.05, 0) is 6.92 Å². The molecule has 1 aromatic heterocycles. The number of nitrogens with zero attached hydrogens (tertiary/aromatic N) is 2. The molecule has 1 amide bonds.